The first-order chi connectivity index (χ1) is 12.6. The maximum atomic E-state index is 12.8. The minimum Gasteiger partial charge on any atom is -0.340 e. The van der Waals surface area contributed by atoms with Gasteiger partial charge in [0.1, 0.15) is 5.82 Å². The number of hydrogen-bond donors (Lipinski definition) is 1. The first-order valence-corrected chi connectivity index (χ1v) is 8.73. The van der Waals surface area contributed by atoms with Crippen molar-refractivity contribution in [2.45, 2.75) is 12.5 Å². The number of nitrogens with zero attached hydrogens (tertiary/aromatic N) is 5. The summed E-state index contributed by atoms with van der Waals surface area (Å²) >= 11 is 0. The number of likely N-dealkylation sites (N-methyl/N-ethyl adjacent to an activating group) is 1. The molecule has 4 rings (SSSR count). The molecule has 1 saturated heterocycles. The Labute approximate surface area is 152 Å². The van der Waals surface area contributed by atoms with E-state index in [4.69, 9.17) is 0 Å². The molecule has 26 heavy (non-hydrogen) atoms. The summed E-state index contributed by atoms with van der Waals surface area (Å²) in [6, 6.07) is 11.7. The van der Waals surface area contributed by atoms with E-state index in [1.807, 2.05) is 47.5 Å². The van der Waals surface area contributed by atoms with Crippen LogP contribution in [0.2, 0.25) is 0 Å². The molecule has 2 aromatic heterocycles. The molecule has 7 nitrogen and oxygen atoms in total. The van der Waals surface area contributed by atoms with Gasteiger partial charge in [-0.3, -0.25) is 4.79 Å². The summed E-state index contributed by atoms with van der Waals surface area (Å²) in [4.78, 5) is 21.4. The highest BCUT2D eigenvalue weighted by Crippen LogP contribution is 2.20. The highest BCUT2D eigenvalue weighted by Gasteiger charge is 2.28. The molecular formula is C19H22N6O. The number of fused-ring (bicyclic) bond motifs is 1. The molecule has 3 aromatic rings. The molecule has 1 amide bonds. The number of carbonyl (C=O) groups excluding carboxylic acids is 1. The molecule has 0 aliphatic carbocycles. The molecule has 0 saturated carbocycles. The van der Waals surface area contributed by atoms with Gasteiger partial charge in [0.15, 0.2) is 5.65 Å². The Bertz CT molecular complexity index is 934. The van der Waals surface area contributed by atoms with Crippen molar-refractivity contribution in [1.82, 2.24) is 24.4 Å². The largest absolute Gasteiger partial charge is 0.340 e. The Morgan fingerprint density at radius 1 is 1.27 bits per heavy atom. The van der Waals surface area contributed by atoms with Gasteiger partial charge in [0, 0.05) is 42.6 Å². The molecule has 1 N–H and O–H groups in total. The normalized spacial score (nSPS) is 17.2. The molecule has 0 spiro atoms. The average molecular weight is 350 g/mol. The van der Waals surface area contributed by atoms with Gasteiger partial charge in [0.25, 0.3) is 5.91 Å². The third-order valence-electron chi connectivity index (χ3n) is 4.82. The van der Waals surface area contributed by atoms with E-state index in [1.54, 1.807) is 10.7 Å². The minimum atomic E-state index is 0.0807. The summed E-state index contributed by atoms with van der Waals surface area (Å²) in [7, 11) is 4.13. The van der Waals surface area contributed by atoms with Gasteiger partial charge in [-0.1, -0.05) is 6.07 Å². The number of anilines is 2. The highest BCUT2D eigenvalue weighted by atomic mass is 16.2. The molecule has 1 atom stereocenters. The SMILES string of the molecule is CN(C)C1CCN(C(=O)c2cccc(Nc3ccn4nccc4n3)c2)C1. The molecule has 134 valence electrons. The zero-order valence-corrected chi connectivity index (χ0v) is 15.0. The number of likely N-dealkylation sites (tertiary alicyclic amines) is 1. The van der Waals surface area contributed by atoms with Crippen LogP contribution in [-0.2, 0) is 0 Å². The van der Waals surface area contributed by atoms with E-state index in [1.165, 1.54) is 0 Å². The molecule has 1 aliphatic heterocycles. The number of rotatable bonds is 4. The zero-order valence-electron chi connectivity index (χ0n) is 15.0. The van der Waals surface area contributed by atoms with Crippen LogP contribution in [0.5, 0.6) is 0 Å². The van der Waals surface area contributed by atoms with Crippen molar-refractivity contribution in [2.75, 3.05) is 32.5 Å². The number of aromatic nitrogens is 3. The molecule has 0 radical (unpaired) electrons. The maximum Gasteiger partial charge on any atom is 0.253 e. The van der Waals surface area contributed by atoms with Crippen LogP contribution in [0.4, 0.5) is 11.5 Å². The minimum absolute atomic E-state index is 0.0807. The summed E-state index contributed by atoms with van der Waals surface area (Å²) < 4.78 is 1.71. The Hall–Kier alpha value is -2.93. The fraction of sp³-hybridized carbons (Fsp3) is 0.316. The van der Waals surface area contributed by atoms with Crippen molar-refractivity contribution in [3.05, 3.63) is 54.4 Å². The van der Waals surface area contributed by atoms with E-state index >= 15 is 0 Å². The van der Waals surface area contributed by atoms with E-state index in [-0.39, 0.29) is 5.91 Å². The lowest BCUT2D eigenvalue weighted by molar-refractivity contribution is 0.0783. The van der Waals surface area contributed by atoms with Crippen LogP contribution in [-0.4, -0.2) is 63.5 Å². The molecule has 3 heterocycles. The maximum absolute atomic E-state index is 12.8. The molecular weight excluding hydrogens is 328 g/mol. The summed E-state index contributed by atoms with van der Waals surface area (Å²) in [5.41, 5.74) is 2.31. The van der Waals surface area contributed by atoms with Gasteiger partial charge < -0.3 is 15.1 Å². The van der Waals surface area contributed by atoms with Crippen molar-refractivity contribution in [1.29, 1.82) is 0 Å². The predicted octanol–water partition coefficient (Wildman–Crippen LogP) is 2.25. The van der Waals surface area contributed by atoms with Gasteiger partial charge in [-0.25, -0.2) is 9.50 Å². The lowest BCUT2D eigenvalue weighted by Gasteiger charge is -2.20. The Morgan fingerprint density at radius 3 is 2.96 bits per heavy atom. The van der Waals surface area contributed by atoms with Crippen molar-refractivity contribution in [3.8, 4) is 0 Å². The second-order valence-corrected chi connectivity index (χ2v) is 6.81. The fourth-order valence-corrected chi connectivity index (χ4v) is 3.29. The van der Waals surface area contributed by atoms with Gasteiger partial charge in [0.2, 0.25) is 0 Å². The number of nitrogens with one attached hydrogen (secondary N) is 1. The molecule has 1 aliphatic rings. The van der Waals surface area contributed by atoms with Crippen molar-refractivity contribution >= 4 is 23.1 Å². The monoisotopic (exact) mass is 350 g/mol. The first kappa shape index (κ1) is 16.5. The first-order valence-electron chi connectivity index (χ1n) is 8.73. The number of hydrogen-bond acceptors (Lipinski definition) is 5. The van der Waals surface area contributed by atoms with Crippen molar-refractivity contribution in [3.63, 3.8) is 0 Å². The van der Waals surface area contributed by atoms with E-state index in [0.717, 1.165) is 36.7 Å². The zero-order chi connectivity index (χ0) is 18.1. The van der Waals surface area contributed by atoms with E-state index < -0.39 is 0 Å². The van der Waals surface area contributed by atoms with Gasteiger partial charge >= 0.3 is 0 Å². The van der Waals surface area contributed by atoms with Gasteiger partial charge in [-0.2, -0.15) is 5.10 Å². The highest BCUT2D eigenvalue weighted by molar-refractivity contribution is 5.95. The summed E-state index contributed by atoms with van der Waals surface area (Å²) in [6.45, 7) is 1.59. The summed E-state index contributed by atoms with van der Waals surface area (Å²) in [5.74, 6) is 0.800. The quantitative estimate of drug-likeness (QED) is 0.782. The molecule has 7 heteroatoms. The number of carbonyl (C=O) groups is 1. The number of amides is 1. The average Bonchev–Trinajstić information content (AvgIpc) is 3.30. The second kappa shape index (κ2) is 6.76. The van der Waals surface area contributed by atoms with E-state index in [0.29, 0.717) is 11.6 Å². The van der Waals surface area contributed by atoms with Crippen molar-refractivity contribution < 1.29 is 4.79 Å². The molecule has 1 unspecified atom stereocenters. The Balaban J connectivity index is 1.50. The lowest BCUT2D eigenvalue weighted by atomic mass is 10.1. The van der Waals surface area contributed by atoms with Gasteiger partial charge in [0.05, 0.1) is 6.20 Å². The van der Waals surface area contributed by atoms with Crippen LogP contribution in [0.1, 0.15) is 16.8 Å². The van der Waals surface area contributed by atoms with Gasteiger partial charge in [-0.15, -0.1) is 0 Å². The smallest absolute Gasteiger partial charge is 0.253 e. The van der Waals surface area contributed by atoms with E-state index in [9.17, 15) is 4.79 Å². The Kier molecular flexibility index (Phi) is 4.30. The Morgan fingerprint density at radius 2 is 2.15 bits per heavy atom. The fourth-order valence-electron chi connectivity index (χ4n) is 3.29. The third kappa shape index (κ3) is 3.25. The van der Waals surface area contributed by atoms with Gasteiger partial charge in [-0.05, 0) is 44.8 Å². The predicted molar refractivity (Wildman–Crippen MR) is 101 cm³/mol. The summed E-state index contributed by atoms with van der Waals surface area (Å²) in [6.07, 6.45) is 4.58. The van der Waals surface area contributed by atoms with E-state index in [2.05, 4.69) is 34.4 Å². The third-order valence-corrected chi connectivity index (χ3v) is 4.82. The standard InChI is InChI=1S/C19H22N6O/c1-23(2)16-7-10-24(13-16)19(26)14-4-3-5-15(12-14)21-17-8-11-25-18(22-17)6-9-20-25/h3-6,8-9,11-12,16H,7,10,13H2,1-2H3,(H,21,22). The van der Waals surface area contributed by atoms with Crippen LogP contribution in [0.15, 0.2) is 48.8 Å². The second-order valence-electron chi connectivity index (χ2n) is 6.81. The lowest BCUT2D eigenvalue weighted by Crippen LogP contribution is -2.34. The summed E-state index contributed by atoms with van der Waals surface area (Å²) in [5, 5.41) is 7.41. The molecule has 1 aromatic carbocycles. The van der Waals surface area contributed by atoms with Crippen LogP contribution < -0.4 is 5.32 Å². The molecule has 0 bridgehead atoms. The van der Waals surface area contributed by atoms with Crippen molar-refractivity contribution in [2.24, 2.45) is 0 Å². The van der Waals surface area contributed by atoms with Crippen LogP contribution in [0, 0.1) is 0 Å². The topological polar surface area (TPSA) is 65.8 Å². The van der Waals surface area contributed by atoms with Crippen LogP contribution in [0.3, 0.4) is 0 Å². The van der Waals surface area contributed by atoms with Crippen LogP contribution >= 0.6 is 0 Å². The van der Waals surface area contributed by atoms with Crippen LogP contribution in [0.25, 0.3) is 5.65 Å². The molecule has 1 fully saturated rings. The number of benzene rings is 1.